The highest BCUT2D eigenvalue weighted by molar-refractivity contribution is 5.93. The fourth-order valence-corrected chi connectivity index (χ4v) is 1.98. The van der Waals surface area contributed by atoms with Crippen molar-refractivity contribution in [2.75, 3.05) is 14.2 Å². The van der Waals surface area contributed by atoms with Gasteiger partial charge in [0.15, 0.2) is 17.2 Å². The summed E-state index contributed by atoms with van der Waals surface area (Å²) >= 11 is 0. The SMILES string of the molecule is COc1cc(C=NNC(=O)c2cc(C)[nH]n2)cc(OC)c1OC(C)=O. The first kappa shape index (κ1) is 18.0. The molecule has 1 amide bonds. The summed E-state index contributed by atoms with van der Waals surface area (Å²) in [5, 5.41) is 10.4. The molecular weight excluding hydrogens is 328 g/mol. The number of hydrogen-bond donors (Lipinski definition) is 2. The second kappa shape index (κ2) is 7.95. The molecule has 0 spiro atoms. The highest BCUT2D eigenvalue weighted by Crippen LogP contribution is 2.38. The molecule has 0 unspecified atom stereocenters. The highest BCUT2D eigenvalue weighted by atomic mass is 16.6. The number of amides is 1. The molecule has 25 heavy (non-hydrogen) atoms. The van der Waals surface area contributed by atoms with Crippen LogP contribution in [0.15, 0.2) is 23.3 Å². The Balaban J connectivity index is 2.18. The zero-order valence-electron chi connectivity index (χ0n) is 14.2. The van der Waals surface area contributed by atoms with Crippen LogP contribution in [-0.2, 0) is 4.79 Å². The lowest BCUT2D eigenvalue weighted by molar-refractivity contribution is -0.132. The lowest BCUT2D eigenvalue weighted by Gasteiger charge is -2.13. The molecule has 0 saturated heterocycles. The number of hydrazone groups is 1. The molecule has 0 radical (unpaired) electrons. The third-order valence-corrected chi connectivity index (χ3v) is 3.05. The number of carbonyl (C=O) groups is 2. The van der Waals surface area contributed by atoms with Gasteiger partial charge < -0.3 is 14.2 Å². The lowest BCUT2D eigenvalue weighted by Crippen LogP contribution is -2.18. The predicted molar refractivity (Wildman–Crippen MR) is 89.2 cm³/mol. The summed E-state index contributed by atoms with van der Waals surface area (Å²) in [5.41, 5.74) is 3.94. The molecule has 0 aliphatic carbocycles. The van der Waals surface area contributed by atoms with Gasteiger partial charge in [-0.2, -0.15) is 10.2 Å². The van der Waals surface area contributed by atoms with Crippen molar-refractivity contribution in [3.63, 3.8) is 0 Å². The van der Waals surface area contributed by atoms with E-state index >= 15 is 0 Å². The zero-order valence-corrected chi connectivity index (χ0v) is 14.2. The second-order valence-corrected chi connectivity index (χ2v) is 4.98. The summed E-state index contributed by atoms with van der Waals surface area (Å²) in [6.07, 6.45) is 1.40. The molecule has 0 fully saturated rings. The first-order valence-corrected chi connectivity index (χ1v) is 7.24. The number of ether oxygens (including phenoxy) is 3. The molecule has 1 aromatic carbocycles. The number of nitrogens with zero attached hydrogens (tertiary/aromatic N) is 2. The number of benzene rings is 1. The number of esters is 1. The topological polar surface area (TPSA) is 115 Å². The first-order valence-electron chi connectivity index (χ1n) is 7.24. The van der Waals surface area contributed by atoms with Crippen LogP contribution in [0.3, 0.4) is 0 Å². The van der Waals surface area contributed by atoms with Crippen LogP contribution in [0.4, 0.5) is 0 Å². The van der Waals surface area contributed by atoms with Crippen LogP contribution in [-0.4, -0.2) is 42.5 Å². The van der Waals surface area contributed by atoms with E-state index < -0.39 is 11.9 Å². The van der Waals surface area contributed by atoms with E-state index in [0.29, 0.717) is 17.1 Å². The van der Waals surface area contributed by atoms with Crippen molar-refractivity contribution in [1.82, 2.24) is 15.6 Å². The van der Waals surface area contributed by atoms with Gasteiger partial charge in [0.25, 0.3) is 5.91 Å². The van der Waals surface area contributed by atoms with Gasteiger partial charge in [-0.15, -0.1) is 0 Å². The van der Waals surface area contributed by atoms with Gasteiger partial charge in [-0.05, 0) is 25.1 Å². The number of aromatic nitrogens is 2. The Hall–Kier alpha value is -3.36. The van der Waals surface area contributed by atoms with Gasteiger partial charge in [-0.3, -0.25) is 14.7 Å². The largest absolute Gasteiger partial charge is 0.493 e. The summed E-state index contributed by atoms with van der Waals surface area (Å²) in [5.74, 6) is -0.183. The van der Waals surface area contributed by atoms with Crippen molar-refractivity contribution in [1.29, 1.82) is 0 Å². The van der Waals surface area contributed by atoms with E-state index in [1.54, 1.807) is 25.1 Å². The number of aromatic amines is 1. The summed E-state index contributed by atoms with van der Waals surface area (Å²) in [4.78, 5) is 23.1. The summed E-state index contributed by atoms with van der Waals surface area (Å²) in [7, 11) is 2.87. The average Bonchev–Trinajstić information content (AvgIpc) is 3.01. The molecular formula is C16H18N4O5. The number of methoxy groups -OCH3 is 2. The van der Waals surface area contributed by atoms with Crippen LogP contribution in [0.5, 0.6) is 17.2 Å². The molecule has 0 atom stereocenters. The van der Waals surface area contributed by atoms with Crippen LogP contribution in [0, 0.1) is 6.92 Å². The van der Waals surface area contributed by atoms with E-state index in [1.807, 2.05) is 0 Å². The Bertz CT molecular complexity index is 788. The Kier molecular flexibility index (Phi) is 5.72. The number of rotatable bonds is 6. The van der Waals surface area contributed by atoms with E-state index in [4.69, 9.17) is 14.2 Å². The number of carbonyl (C=O) groups excluding carboxylic acids is 2. The minimum absolute atomic E-state index is 0.172. The van der Waals surface area contributed by atoms with Gasteiger partial charge in [0.2, 0.25) is 5.75 Å². The lowest BCUT2D eigenvalue weighted by atomic mass is 10.2. The van der Waals surface area contributed by atoms with E-state index in [-0.39, 0.29) is 11.4 Å². The Labute approximate surface area is 144 Å². The fourth-order valence-electron chi connectivity index (χ4n) is 1.98. The molecule has 132 valence electrons. The third-order valence-electron chi connectivity index (χ3n) is 3.05. The molecule has 0 aliphatic heterocycles. The maximum Gasteiger partial charge on any atom is 0.308 e. The van der Waals surface area contributed by atoms with Gasteiger partial charge in [-0.25, -0.2) is 5.43 Å². The van der Waals surface area contributed by atoms with Gasteiger partial charge in [0, 0.05) is 18.2 Å². The zero-order chi connectivity index (χ0) is 18.4. The molecule has 9 nitrogen and oxygen atoms in total. The van der Waals surface area contributed by atoms with Crippen molar-refractivity contribution < 1.29 is 23.8 Å². The monoisotopic (exact) mass is 346 g/mol. The first-order chi connectivity index (χ1) is 11.9. The summed E-state index contributed by atoms with van der Waals surface area (Å²) < 4.78 is 15.5. The molecule has 0 bridgehead atoms. The number of nitrogens with one attached hydrogen (secondary N) is 2. The summed E-state index contributed by atoms with van der Waals surface area (Å²) in [6.45, 7) is 3.07. The van der Waals surface area contributed by atoms with Crippen molar-refractivity contribution in [2.24, 2.45) is 5.10 Å². The molecule has 1 heterocycles. The smallest absolute Gasteiger partial charge is 0.308 e. The van der Waals surface area contributed by atoms with Crippen LogP contribution in [0.1, 0.15) is 28.7 Å². The minimum atomic E-state index is -0.500. The molecule has 2 aromatic rings. The number of H-pyrrole nitrogens is 1. The Morgan fingerprint density at radius 1 is 1.20 bits per heavy atom. The molecule has 1 aromatic heterocycles. The van der Waals surface area contributed by atoms with Gasteiger partial charge >= 0.3 is 5.97 Å². The van der Waals surface area contributed by atoms with Gasteiger partial charge in [0.1, 0.15) is 0 Å². The second-order valence-electron chi connectivity index (χ2n) is 4.98. The maximum atomic E-state index is 11.9. The summed E-state index contributed by atoms with van der Waals surface area (Å²) in [6, 6.07) is 4.79. The van der Waals surface area contributed by atoms with E-state index in [1.165, 1.54) is 27.4 Å². The average molecular weight is 346 g/mol. The molecule has 9 heteroatoms. The van der Waals surface area contributed by atoms with Crippen molar-refractivity contribution in [3.8, 4) is 17.2 Å². The predicted octanol–water partition coefficient (Wildman–Crippen LogP) is 1.42. The standard InChI is InChI=1S/C16H18N4O5/c1-9-5-12(19-18-9)16(22)20-17-8-11-6-13(23-3)15(25-10(2)21)14(7-11)24-4/h5-8H,1-4H3,(H,18,19)(H,20,22). The molecule has 0 saturated carbocycles. The van der Waals surface area contributed by atoms with Gasteiger partial charge in [0.05, 0.1) is 20.4 Å². The Morgan fingerprint density at radius 3 is 2.32 bits per heavy atom. The van der Waals surface area contributed by atoms with E-state index in [0.717, 1.165) is 5.69 Å². The normalized spacial score (nSPS) is 10.6. The number of aryl methyl sites for hydroxylation is 1. The Morgan fingerprint density at radius 2 is 1.84 bits per heavy atom. The van der Waals surface area contributed by atoms with E-state index in [2.05, 4.69) is 20.7 Å². The van der Waals surface area contributed by atoms with Crippen LogP contribution in [0.25, 0.3) is 0 Å². The van der Waals surface area contributed by atoms with Crippen LogP contribution >= 0.6 is 0 Å². The molecule has 0 aliphatic rings. The third kappa shape index (κ3) is 4.56. The molecule has 2 rings (SSSR count). The molecule has 2 N–H and O–H groups in total. The van der Waals surface area contributed by atoms with Crippen molar-refractivity contribution in [2.45, 2.75) is 13.8 Å². The minimum Gasteiger partial charge on any atom is -0.493 e. The van der Waals surface area contributed by atoms with Crippen molar-refractivity contribution >= 4 is 18.1 Å². The number of hydrogen-bond acceptors (Lipinski definition) is 7. The van der Waals surface area contributed by atoms with Crippen LogP contribution in [0.2, 0.25) is 0 Å². The maximum absolute atomic E-state index is 11.9. The van der Waals surface area contributed by atoms with Gasteiger partial charge in [-0.1, -0.05) is 0 Å². The highest BCUT2D eigenvalue weighted by Gasteiger charge is 2.15. The quantitative estimate of drug-likeness (QED) is 0.354. The van der Waals surface area contributed by atoms with E-state index in [9.17, 15) is 9.59 Å². The fraction of sp³-hybridized carbons (Fsp3) is 0.250. The van der Waals surface area contributed by atoms with Crippen LogP contribution < -0.4 is 19.6 Å². The van der Waals surface area contributed by atoms with Crippen molar-refractivity contribution in [3.05, 3.63) is 35.2 Å².